The van der Waals surface area contributed by atoms with Gasteiger partial charge in [0.15, 0.2) is 0 Å². The molecule has 11 heavy (non-hydrogen) atoms. The summed E-state index contributed by atoms with van der Waals surface area (Å²) in [4.78, 5) is 0. The van der Waals surface area contributed by atoms with Crippen LogP contribution in [0.25, 0.3) is 0 Å². The van der Waals surface area contributed by atoms with E-state index < -0.39 is 0 Å². The molecule has 2 atom stereocenters. The van der Waals surface area contributed by atoms with Crippen LogP contribution in [0, 0.1) is 11.3 Å². The molecule has 0 amide bonds. The summed E-state index contributed by atoms with van der Waals surface area (Å²) in [5.74, 6) is 0.968. The summed E-state index contributed by atoms with van der Waals surface area (Å²) >= 11 is 0. The molecule has 0 aromatic rings. The predicted octanol–water partition coefficient (Wildman–Crippen LogP) is 0.595. The molecule has 0 radical (unpaired) electrons. The number of nitrogens with one attached hydrogen (secondary N) is 2. The Morgan fingerprint density at radius 3 is 3.36 bits per heavy atom. The van der Waals surface area contributed by atoms with Crippen molar-refractivity contribution in [3.05, 3.63) is 0 Å². The summed E-state index contributed by atoms with van der Waals surface area (Å²) in [5, 5.41) is 6.84. The summed E-state index contributed by atoms with van der Waals surface area (Å²) in [6.45, 7) is 3.73. The van der Waals surface area contributed by atoms with Gasteiger partial charge in [0, 0.05) is 13.1 Å². The topological polar surface area (TPSA) is 24.1 Å². The van der Waals surface area contributed by atoms with Crippen LogP contribution < -0.4 is 10.6 Å². The van der Waals surface area contributed by atoms with Crippen molar-refractivity contribution >= 4 is 0 Å². The molecule has 0 spiro atoms. The lowest BCUT2D eigenvalue weighted by molar-refractivity contribution is 0.263. The van der Waals surface area contributed by atoms with Crippen molar-refractivity contribution in [1.82, 2.24) is 10.6 Å². The normalized spacial score (nSPS) is 42.8. The van der Waals surface area contributed by atoms with Crippen LogP contribution in [0.1, 0.15) is 19.3 Å². The largest absolute Gasteiger partial charge is 0.319 e. The van der Waals surface area contributed by atoms with Crippen LogP contribution >= 0.6 is 0 Å². The van der Waals surface area contributed by atoms with Crippen LogP contribution in [0.5, 0.6) is 0 Å². The van der Waals surface area contributed by atoms with Gasteiger partial charge in [0.2, 0.25) is 0 Å². The number of hydrogen-bond acceptors (Lipinski definition) is 2. The molecule has 0 aromatic carbocycles. The van der Waals surface area contributed by atoms with Crippen molar-refractivity contribution in [2.24, 2.45) is 11.3 Å². The average molecular weight is 154 g/mol. The van der Waals surface area contributed by atoms with E-state index in [0.29, 0.717) is 5.41 Å². The Morgan fingerprint density at radius 1 is 1.64 bits per heavy atom. The second-order valence-electron chi connectivity index (χ2n) is 4.11. The van der Waals surface area contributed by atoms with E-state index in [1.165, 1.54) is 38.9 Å². The zero-order chi connectivity index (χ0) is 7.73. The van der Waals surface area contributed by atoms with E-state index in [9.17, 15) is 0 Å². The van der Waals surface area contributed by atoms with Gasteiger partial charge >= 0.3 is 0 Å². The lowest BCUT2D eigenvalue weighted by Gasteiger charge is -2.27. The standard InChI is InChI=1S/C9H18N2/c1-10-6-9-4-2-3-8(9)5-11-7-9/h8,10-11H,2-7H2,1H3. The first-order chi connectivity index (χ1) is 5.37. The van der Waals surface area contributed by atoms with Gasteiger partial charge in [-0.3, -0.25) is 0 Å². The maximum atomic E-state index is 3.51. The first-order valence-electron chi connectivity index (χ1n) is 4.73. The van der Waals surface area contributed by atoms with E-state index in [1.807, 2.05) is 0 Å². The molecule has 2 N–H and O–H groups in total. The molecule has 1 saturated heterocycles. The van der Waals surface area contributed by atoms with Crippen molar-refractivity contribution in [1.29, 1.82) is 0 Å². The third-order valence-electron chi connectivity index (χ3n) is 3.49. The molecular formula is C9H18N2. The highest BCUT2D eigenvalue weighted by molar-refractivity contribution is 5.00. The Morgan fingerprint density at radius 2 is 2.55 bits per heavy atom. The highest BCUT2D eigenvalue weighted by atomic mass is 15.0. The summed E-state index contributed by atoms with van der Waals surface area (Å²) < 4.78 is 0. The van der Waals surface area contributed by atoms with Crippen molar-refractivity contribution in [3.8, 4) is 0 Å². The van der Waals surface area contributed by atoms with Crippen LogP contribution in [0.2, 0.25) is 0 Å². The van der Waals surface area contributed by atoms with E-state index in [-0.39, 0.29) is 0 Å². The molecule has 2 rings (SSSR count). The van der Waals surface area contributed by atoms with Crippen molar-refractivity contribution in [2.75, 3.05) is 26.7 Å². The van der Waals surface area contributed by atoms with Gasteiger partial charge in [-0.25, -0.2) is 0 Å². The summed E-state index contributed by atoms with van der Waals surface area (Å²) in [5.41, 5.74) is 0.634. The molecule has 2 heteroatoms. The van der Waals surface area contributed by atoms with E-state index in [4.69, 9.17) is 0 Å². The van der Waals surface area contributed by atoms with Gasteiger partial charge in [-0.1, -0.05) is 6.42 Å². The molecule has 1 saturated carbocycles. The Hall–Kier alpha value is -0.0800. The van der Waals surface area contributed by atoms with Crippen LogP contribution in [-0.4, -0.2) is 26.7 Å². The quantitative estimate of drug-likeness (QED) is 0.608. The van der Waals surface area contributed by atoms with Gasteiger partial charge in [0.05, 0.1) is 0 Å². The zero-order valence-corrected chi connectivity index (χ0v) is 7.32. The van der Waals surface area contributed by atoms with Gasteiger partial charge in [-0.05, 0) is 37.8 Å². The number of rotatable bonds is 2. The molecule has 2 nitrogen and oxygen atoms in total. The molecule has 2 fully saturated rings. The third-order valence-corrected chi connectivity index (χ3v) is 3.49. The average Bonchev–Trinajstić information content (AvgIpc) is 2.45. The Labute approximate surface area is 68.7 Å². The Bertz CT molecular complexity index is 134. The third kappa shape index (κ3) is 1.09. The molecule has 1 aliphatic carbocycles. The Balaban J connectivity index is 2.07. The van der Waals surface area contributed by atoms with Crippen LogP contribution in [0.3, 0.4) is 0 Å². The highest BCUT2D eigenvalue weighted by Gasteiger charge is 2.45. The minimum absolute atomic E-state index is 0.634. The number of fused-ring (bicyclic) bond motifs is 1. The van der Waals surface area contributed by atoms with Gasteiger partial charge in [-0.15, -0.1) is 0 Å². The molecule has 1 heterocycles. The van der Waals surface area contributed by atoms with Crippen LogP contribution in [0.4, 0.5) is 0 Å². The smallest absolute Gasteiger partial charge is 0.00232 e. The molecule has 2 unspecified atom stereocenters. The zero-order valence-electron chi connectivity index (χ0n) is 7.32. The fraction of sp³-hybridized carbons (Fsp3) is 1.00. The molecule has 0 bridgehead atoms. The predicted molar refractivity (Wildman–Crippen MR) is 46.6 cm³/mol. The first kappa shape index (κ1) is 7.56. The van der Waals surface area contributed by atoms with Crippen molar-refractivity contribution in [2.45, 2.75) is 19.3 Å². The minimum Gasteiger partial charge on any atom is -0.319 e. The van der Waals surface area contributed by atoms with E-state index >= 15 is 0 Å². The molecule has 0 aromatic heterocycles. The van der Waals surface area contributed by atoms with Gasteiger partial charge in [0.25, 0.3) is 0 Å². The fourth-order valence-corrected chi connectivity index (χ4v) is 2.90. The van der Waals surface area contributed by atoms with E-state index in [2.05, 4.69) is 17.7 Å². The van der Waals surface area contributed by atoms with Crippen LogP contribution in [-0.2, 0) is 0 Å². The molecular weight excluding hydrogens is 136 g/mol. The lowest BCUT2D eigenvalue weighted by atomic mass is 9.81. The van der Waals surface area contributed by atoms with Gasteiger partial charge in [-0.2, -0.15) is 0 Å². The minimum atomic E-state index is 0.634. The SMILES string of the molecule is CNCC12CCCC1CNC2. The molecule has 2 aliphatic rings. The summed E-state index contributed by atoms with van der Waals surface area (Å²) in [7, 11) is 2.07. The fourth-order valence-electron chi connectivity index (χ4n) is 2.90. The lowest BCUT2D eigenvalue weighted by Crippen LogP contribution is -2.36. The van der Waals surface area contributed by atoms with E-state index in [1.54, 1.807) is 0 Å². The van der Waals surface area contributed by atoms with Crippen LogP contribution in [0.15, 0.2) is 0 Å². The summed E-state index contributed by atoms with van der Waals surface area (Å²) in [6, 6.07) is 0. The van der Waals surface area contributed by atoms with E-state index in [0.717, 1.165) is 5.92 Å². The molecule has 64 valence electrons. The first-order valence-corrected chi connectivity index (χ1v) is 4.73. The van der Waals surface area contributed by atoms with Gasteiger partial charge in [0.1, 0.15) is 0 Å². The maximum Gasteiger partial charge on any atom is 0.00232 e. The maximum absolute atomic E-state index is 3.51. The molecule has 1 aliphatic heterocycles. The Kier molecular flexibility index (Phi) is 1.90. The second-order valence-corrected chi connectivity index (χ2v) is 4.11. The number of hydrogen-bond donors (Lipinski definition) is 2. The highest BCUT2D eigenvalue weighted by Crippen LogP contribution is 2.44. The van der Waals surface area contributed by atoms with Gasteiger partial charge < -0.3 is 10.6 Å². The van der Waals surface area contributed by atoms with Crippen molar-refractivity contribution < 1.29 is 0 Å². The monoisotopic (exact) mass is 154 g/mol. The van der Waals surface area contributed by atoms with Crippen molar-refractivity contribution in [3.63, 3.8) is 0 Å². The second kappa shape index (κ2) is 2.76. The summed E-state index contributed by atoms with van der Waals surface area (Å²) in [6.07, 6.45) is 4.34.